The fraction of sp³-hybridized carbons (Fsp3) is 0.333. The molecule has 1 unspecified atom stereocenters. The minimum atomic E-state index is -0.0550. The molecule has 3 N–H and O–H groups in total. The van der Waals surface area contributed by atoms with Gasteiger partial charge in [0.2, 0.25) is 0 Å². The summed E-state index contributed by atoms with van der Waals surface area (Å²) in [6, 6.07) is 4.45. The standard InChI is InChI=1S/C12H16N4O2/c1-9(11-8-10(17)2-3-12(11)18)13-4-6-16-7-5-14-15-16/h2-3,5,7-9,13,17-18H,4,6H2,1H3. The van der Waals surface area contributed by atoms with Gasteiger partial charge in [0.1, 0.15) is 11.5 Å². The van der Waals surface area contributed by atoms with Crippen molar-refractivity contribution < 1.29 is 10.2 Å². The molecule has 0 saturated carbocycles. The maximum absolute atomic E-state index is 9.71. The van der Waals surface area contributed by atoms with Crippen LogP contribution >= 0.6 is 0 Å². The Labute approximate surface area is 105 Å². The van der Waals surface area contributed by atoms with E-state index in [1.165, 1.54) is 12.1 Å². The predicted octanol–water partition coefficient (Wildman–Crippen LogP) is 1.04. The zero-order valence-corrected chi connectivity index (χ0v) is 10.1. The number of nitrogens with zero attached hydrogens (tertiary/aromatic N) is 3. The van der Waals surface area contributed by atoms with E-state index in [2.05, 4.69) is 15.6 Å². The first-order chi connectivity index (χ1) is 8.66. The fourth-order valence-corrected chi connectivity index (χ4v) is 1.75. The smallest absolute Gasteiger partial charge is 0.120 e. The Kier molecular flexibility index (Phi) is 3.78. The molecular weight excluding hydrogens is 232 g/mol. The van der Waals surface area contributed by atoms with E-state index in [0.29, 0.717) is 18.7 Å². The van der Waals surface area contributed by atoms with Gasteiger partial charge in [-0.15, -0.1) is 5.10 Å². The van der Waals surface area contributed by atoms with Crippen LogP contribution in [0.3, 0.4) is 0 Å². The lowest BCUT2D eigenvalue weighted by molar-refractivity contribution is 0.435. The molecule has 0 aliphatic rings. The van der Waals surface area contributed by atoms with Gasteiger partial charge in [0.25, 0.3) is 0 Å². The Balaban J connectivity index is 1.91. The summed E-state index contributed by atoms with van der Waals surface area (Å²) in [7, 11) is 0. The number of phenols is 2. The van der Waals surface area contributed by atoms with Crippen molar-refractivity contribution in [2.45, 2.75) is 19.5 Å². The van der Waals surface area contributed by atoms with Crippen molar-refractivity contribution in [3.05, 3.63) is 36.2 Å². The monoisotopic (exact) mass is 248 g/mol. The third-order valence-corrected chi connectivity index (χ3v) is 2.74. The van der Waals surface area contributed by atoms with E-state index < -0.39 is 0 Å². The van der Waals surface area contributed by atoms with Gasteiger partial charge in [0.15, 0.2) is 0 Å². The summed E-state index contributed by atoms with van der Waals surface area (Å²) in [5.41, 5.74) is 0.675. The summed E-state index contributed by atoms with van der Waals surface area (Å²) < 4.78 is 1.72. The van der Waals surface area contributed by atoms with Crippen LogP contribution in [0.1, 0.15) is 18.5 Å². The van der Waals surface area contributed by atoms with Crippen LogP contribution in [0.5, 0.6) is 11.5 Å². The predicted molar refractivity (Wildman–Crippen MR) is 66.2 cm³/mol. The highest BCUT2D eigenvalue weighted by molar-refractivity contribution is 5.40. The Morgan fingerprint density at radius 2 is 2.22 bits per heavy atom. The molecule has 0 amide bonds. The summed E-state index contributed by atoms with van der Waals surface area (Å²) >= 11 is 0. The van der Waals surface area contributed by atoms with E-state index in [9.17, 15) is 10.2 Å². The highest BCUT2D eigenvalue weighted by Gasteiger charge is 2.10. The van der Waals surface area contributed by atoms with Crippen LogP contribution in [-0.4, -0.2) is 31.8 Å². The summed E-state index contributed by atoms with van der Waals surface area (Å²) in [6.07, 6.45) is 3.42. The van der Waals surface area contributed by atoms with Gasteiger partial charge >= 0.3 is 0 Å². The van der Waals surface area contributed by atoms with Gasteiger partial charge in [-0.3, -0.25) is 4.68 Å². The molecule has 1 aromatic carbocycles. The summed E-state index contributed by atoms with van der Waals surface area (Å²) in [5, 5.41) is 29.9. The summed E-state index contributed by atoms with van der Waals surface area (Å²) in [6.45, 7) is 3.32. The van der Waals surface area contributed by atoms with Crippen molar-refractivity contribution in [3.63, 3.8) is 0 Å². The van der Waals surface area contributed by atoms with E-state index in [1.54, 1.807) is 23.1 Å². The van der Waals surface area contributed by atoms with E-state index in [-0.39, 0.29) is 17.5 Å². The zero-order valence-electron chi connectivity index (χ0n) is 10.1. The number of nitrogens with one attached hydrogen (secondary N) is 1. The van der Waals surface area contributed by atoms with Gasteiger partial charge in [-0.05, 0) is 25.1 Å². The first-order valence-corrected chi connectivity index (χ1v) is 5.76. The second kappa shape index (κ2) is 5.50. The Hall–Kier alpha value is -2.08. The summed E-state index contributed by atoms with van der Waals surface area (Å²) in [5.74, 6) is 0.321. The fourth-order valence-electron chi connectivity index (χ4n) is 1.75. The average Bonchev–Trinajstić information content (AvgIpc) is 2.85. The van der Waals surface area contributed by atoms with Gasteiger partial charge in [0, 0.05) is 24.3 Å². The number of hydrogen-bond donors (Lipinski definition) is 3. The van der Waals surface area contributed by atoms with Gasteiger partial charge in [-0.2, -0.15) is 0 Å². The highest BCUT2D eigenvalue weighted by Crippen LogP contribution is 2.27. The molecule has 2 aromatic rings. The maximum Gasteiger partial charge on any atom is 0.120 e. The lowest BCUT2D eigenvalue weighted by Gasteiger charge is -2.15. The quantitative estimate of drug-likeness (QED) is 0.689. The second-order valence-corrected chi connectivity index (χ2v) is 4.09. The van der Waals surface area contributed by atoms with Crippen LogP contribution in [-0.2, 0) is 6.54 Å². The van der Waals surface area contributed by atoms with Crippen LogP contribution in [0.2, 0.25) is 0 Å². The minimum Gasteiger partial charge on any atom is -0.508 e. The molecule has 0 spiro atoms. The summed E-state index contributed by atoms with van der Waals surface area (Å²) in [4.78, 5) is 0. The van der Waals surface area contributed by atoms with Gasteiger partial charge in [0.05, 0.1) is 12.7 Å². The van der Waals surface area contributed by atoms with Crippen LogP contribution in [0.25, 0.3) is 0 Å². The normalized spacial score (nSPS) is 12.5. The molecular formula is C12H16N4O2. The molecule has 0 aliphatic heterocycles. The van der Waals surface area contributed by atoms with E-state index >= 15 is 0 Å². The maximum atomic E-state index is 9.71. The molecule has 96 valence electrons. The number of rotatable bonds is 5. The lowest BCUT2D eigenvalue weighted by atomic mass is 10.1. The van der Waals surface area contributed by atoms with E-state index in [4.69, 9.17) is 0 Å². The van der Waals surface area contributed by atoms with Crippen LogP contribution in [0, 0.1) is 0 Å². The van der Waals surface area contributed by atoms with Crippen molar-refractivity contribution in [1.29, 1.82) is 0 Å². The van der Waals surface area contributed by atoms with Gasteiger partial charge < -0.3 is 15.5 Å². The molecule has 0 radical (unpaired) electrons. The second-order valence-electron chi connectivity index (χ2n) is 4.09. The number of aromatic hydroxyl groups is 2. The van der Waals surface area contributed by atoms with E-state index in [0.717, 1.165) is 0 Å². The molecule has 1 aromatic heterocycles. The molecule has 18 heavy (non-hydrogen) atoms. The van der Waals surface area contributed by atoms with Crippen LogP contribution in [0.15, 0.2) is 30.6 Å². The van der Waals surface area contributed by atoms with Gasteiger partial charge in [-0.25, -0.2) is 0 Å². The Morgan fingerprint density at radius 3 is 2.94 bits per heavy atom. The van der Waals surface area contributed by atoms with Crippen LogP contribution < -0.4 is 5.32 Å². The van der Waals surface area contributed by atoms with Gasteiger partial charge in [-0.1, -0.05) is 5.21 Å². The molecule has 6 heteroatoms. The molecule has 0 bridgehead atoms. The highest BCUT2D eigenvalue weighted by atomic mass is 16.3. The number of hydrogen-bond acceptors (Lipinski definition) is 5. The van der Waals surface area contributed by atoms with Crippen molar-refractivity contribution in [3.8, 4) is 11.5 Å². The minimum absolute atomic E-state index is 0.0550. The van der Waals surface area contributed by atoms with Crippen LogP contribution in [0.4, 0.5) is 0 Å². The Bertz CT molecular complexity index is 499. The first kappa shape index (κ1) is 12.4. The zero-order chi connectivity index (χ0) is 13.0. The number of phenolic OH excluding ortho intramolecular Hbond substituents is 2. The SMILES string of the molecule is CC(NCCn1ccnn1)c1cc(O)ccc1O. The third kappa shape index (κ3) is 2.98. The molecule has 1 atom stereocenters. The first-order valence-electron chi connectivity index (χ1n) is 5.76. The van der Waals surface area contributed by atoms with Crippen molar-refractivity contribution in [1.82, 2.24) is 20.3 Å². The van der Waals surface area contributed by atoms with E-state index in [1.807, 2.05) is 6.92 Å². The topological polar surface area (TPSA) is 83.2 Å². The van der Waals surface area contributed by atoms with Crippen molar-refractivity contribution in [2.75, 3.05) is 6.54 Å². The Morgan fingerprint density at radius 1 is 1.39 bits per heavy atom. The lowest BCUT2D eigenvalue weighted by Crippen LogP contribution is -2.23. The van der Waals surface area contributed by atoms with Crippen molar-refractivity contribution >= 4 is 0 Å². The molecule has 6 nitrogen and oxygen atoms in total. The average molecular weight is 248 g/mol. The largest absolute Gasteiger partial charge is 0.508 e. The molecule has 0 fully saturated rings. The third-order valence-electron chi connectivity index (χ3n) is 2.74. The molecule has 0 saturated heterocycles. The molecule has 1 heterocycles. The number of benzene rings is 1. The molecule has 2 rings (SSSR count). The van der Waals surface area contributed by atoms with Crippen molar-refractivity contribution in [2.24, 2.45) is 0 Å². The number of aromatic nitrogens is 3. The molecule has 0 aliphatic carbocycles.